The summed E-state index contributed by atoms with van der Waals surface area (Å²) in [5.41, 5.74) is 13.4. The van der Waals surface area contributed by atoms with Crippen LogP contribution in [0.4, 0.5) is 5.95 Å². The number of phenolic OH excluding ortho intramolecular Hbond substituents is 1. The molecule has 2 amide bonds. The quantitative estimate of drug-likeness (QED) is 0.114. The number of phenols is 1. The maximum Gasteiger partial charge on any atom is 0.245 e. The molecule has 0 spiro atoms. The molecule has 15 nitrogen and oxygen atoms in total. The average molecular weight is 871 g/mol. The first kappa shape index (κ1) is 45.9. The van der Waals surface area contributed by atoms with Crippen LogP contribution in [0.3, 0.4) is 0 Å². The van der Waals surface area contributed by atoms with Gasteiger partial charge in [-0.25, -0.2) is 15.0 Å². The predicted octanol–water partition coefficient (Wildman–Crippen LogP) is 7.62. The highest BCUT2D eigenvalue weighted by Crippen LogP contribution is 2.30. The third-order valence-electron chi connectivity index (χ3n) is 10.8. The molecule has 6 heterocycles. The van der Waals surface area contributed by atoms with Crippen molar-refractivity contribution in [1.29, 1.82) is 0 Å². The number of hydrogen-bond acceptors (Lipinski definition) is 14. The Kier molecular flexibility index (Phi) is 16.4. The maximum absolute atomic E-state index is 12.1. The Balaban J connectivity index is 0.000000156. The second-order valence-electron chi connectivity index (χ2n) is 15.2. The number of fused-ring (bicyclic) bond motifs is 1. The second kappa shape index (κ2) is 22.5. The van der Waals surface area contributed by atoms with Gasteiger partial charge in [-0.2, -0.15) is 0 Å². The molecule has 2 saturated heterocycles. The summed E-state index contributed by atoms with van der Waals surface area (Å²) in [6.45, 7) is 11.5. The normalized spacial score (nSPS) is 14.8. The van der Waals surface area contributed by atoms with E-state index in [-0.39, 0.29) is 25.0 Å². The average Bonchev–Trinajstić information content (AvgIpc) is 4.18. The third-order valence-corrected chi connectivity index (χ3v) is 11.7. The molecule has 2 atom stereocenters. The molecule has 0 aliphatic carbocycles. The Labute approximate surface area is 371 Å². The molecular formula is C47H54N10O5S. The van der Waals surface area contributed by atoms with Gasteiger partial charge in [-0.15, -0.1) is 21.5 Å². The Morgan fingerprint density at radius 1 is 0.921 bits per heavy atom. The molecule has 4 aromatic heterocycles. The second-order valence-corrected chi connectivity index (χ2v) is 16.1. The lowest BCUT2D eigenvalue weighted by atomic mass is 9.95. The highest BCUT2D eigenvalue weighted by atomic mass is 32.1. The lowest BCUT2D eigenvalue weighted by Crippen LogP contribution is -2.43. The van der Waals surface area contributed by atoms with Gasteiger partial charge in [0.2, 0.25) is 18.3 Å². The van der Waals surface area contributed by atoms with Gasteiger partial charge in [0.25, 0.3) is 0 Å². The van der Waals surface area contributed by atoms with Crippen LogP contribution < -0.4 is 16.0 Å². The number of aromatic hydroxyl groups is 1. The molecule has 0 saturated carbocycles. The molecule has 2 fully saturated rings. The summed E-state index contributed by atoms with van der Waals surface area (Å²) in [6.07, 6.45) is 6.77. The topological polar surface area (TPSA) is 199 Å². The monoisotopic (exact) mass is 870 g/mol. The van der Waals surface area contributed by atoms with E-state index in [0.29, 0.717) is 36.0 Å². The van der Waals surface area contributed by atoms with E-state index in [1.807, 2.05) is 97.6 Å². The number of rotatable bonds is 10. The van der Waals surface area contributed by atoms with E-state index in [0.717, 1.165) is 68.7 Å². The van der Waals surface area contributed by atoms with Crippen LogP contribution in [0.15, 0.2) is 107 Å². The van der Waals surface area contributed by atoms with Crippen LogP contribution >= 0.6 is 11.3 Å². The number of anilines is 1. The minimum absolute atomic E-state index is 0.171. The number of thiazole rings is 1. The smallest absolute Gasteiger partial charge is 0.245 e. The Morgan fingerprint density at radius 3 is 2.32 bits per heavy atom. The van der Waals surface area contributed by atoms with Crippen LogP contribution in [0.1, 0.15) is 56.5 Å². The van der Waals surface area contributed by atoms with Crippen molar-refractivity contribution in [2.45, 2.75) is 59.0 Å². The number of aryl methyl sites for hydroxylation is 1. The van der Waals surface area contributed by atoms with E-state index in [9.17, 15) is 14.7 Å². The van der Waals surface area contributed by atoms with E-state index >= 15 is 0 Å². The fraction of sp³-hybridized carbons (Fsp3) is 0.319. The number of carbonyl (C=O) groups excluding carboxylic acids is 2. The van der Waals surface area contributed by atoms with Gasteiger partial charge in [0.1, 0.15) is 30.0 Å². The van der Waals surface area contributed by atoms with Crippen molar-refractivity contribution in [3.63, 3.8) is 0 Å². The summed E-state index contributed by atoms with van der Waals surface area (Å²) >= 11 is 1.61. The van der Waals surface area contributed by atoms with Gasteiger partial charge >= 0.3 is 0 Å². The summed E-state index contributed by atoms with van der Waals surface area (Å²) in [5.74, 6) is 2.64. The number of benzene rings is 3. The third kappa shape index (κ3) is 11.9. The van der Waals surface area contributed by atoms with Crippen LogP contribution in [0.2, 0.25) is 0 Å². The fourth-order valence-corrected chi connectivity index (χ4v) is 7.57. The molecule has 2 aliphatic rings. The first-order chi connectivity index (χ1) is 30.7. The molecule has 0 bridgehead atoms. The van der Waals surface area contributed by atoms with E-state index in [1.165, 1.54) is 24.8 Å². The first-order valence-electron chi connectivity index (χ1n) is 20.9. The number of nitrogens with two attached hydrogens (primary N) is 1. The Hall–Kier alpha value is -6.62. The molecule has 16 heteroatoms. The lowest BCUT2D eigenvalue weighted by molar-refractivity contribution is -0.130. The van der Waals surface area contributed by atoms with Crippen molar-refractivity contribution in [3.05, 3.63) is 120 Å². The summed E-state index contributed by atoms with van der Waals surface area (Å²) in [4.78, 5) is 40.8. The van der Waals surface area contributed by atoms with Crippen molar-refractivity contribution in [1.82, 2.24) is 40.5 Å². The fourth-order valence-electron chi connectivity index (χ4n) is 6.75. The van der Waals surface area contributed by atoms with Crippen LogP contribution in [0.5, 0.6) is 5.75 Å². The predicted molar refractivity (Wildman–Crippen MR) is 246 cm³/mol. The standard InChI is InChI=1S/C16H22N4O.C16H17N3O3S.C14H10N2O.CH5N/c1-11(2)12(3)15-8-14(19-21-15)13-9-17-16(18-10-13)20-6-4-5-7-20;1-11-15(23-8-18-11)13-4-2-12(3-5-13)6-17-16(21)14-7-22-10-19(14)9-20;17-14-8-4-2-6-11(14)13-9-10-5-1-3-7-12(10)15-16-13;1-2/h8-12H,4-7H2,1-3H3;2-5,8-9,14H,6-7,10H2,1H3,(H,17,21);1-9,17H;2H2,1H3. The van der Waals surface area contributed by atoms with Gasteiger partial charge in [-0.1, -0.05) is 80.5 Å². The number of carbonyl (C=O) groups is 2. The van der Waals surface area contributed by atoms with Gasteiger partial charge in [-0.3, -0.25) is 9.59 Å². The van der Waals surface area contributed by atoms with Gasteiger partial charge in [-0.05, 0) is 68.1 Å². The summed E-state index contributed by atoms with van der Waals surface area (Å²) < 4.78 is 10.6. The zero-order valence-electron chi connectivity index (χ0n) is 36.2. The minimum Gasteiger partial charge on any atom is -0.507 e. The number of nitrogens with zero attached hydrogens (tertiary/aromatic N) is 8. The number of para-hydroxylation sites is 1. The van der Waals surface area contributed by atoms with E-state index < -0.39 is 6.04 Å². The number of nitrogens with one attached hydrogen (secondary N) is 1. The first-order valence-corrected chi connectivity index (χ1v) is 21.7. The molecule has 3 aromatic carbocycles. The zero-order chi connectivity index (χ0) is 44.7. The molecular weight excluding hydrogens is 817 g/mol. The molecule has 328 valence electrons. The highest BCUT2D eigenvalue weighted by molar-refractivity contribution is 7.13. The highest BCUT2D eigenvalue weighted by Gasteiger charge is 2.30. The number of amides is 2. The molecule has 2 unspecified atom stereocenters. The van der Waals surface area contributed by atoms with Crippen molar-refractivity contribution in [3.8, 4) is 38.7 Å². The van der Waals surface area contributed by atoms with Gasteiger partial charge in [0.15, 0.2) is 0 Å². The van der Waals surface area contributed by atoms with Crippen LogP contribution in [0.25, 0.3) is 43.9 Å². The molecule has 2 aliphatic heterocycles. The number of aromatic nitrogens is 6. The molecule has 0 radical (unpaired) electrons. The van der Waals surface area contributed by atoms with Gasteiger partial charge in [0.05, 0.1) is 33.9 Å². The molecule has 4 N–H and O–H groups in total. The SMILES string of the molecule is CC(C)C(C)c1cc(-c2cnc(N3CCCC3)nc2)no1.CN.Cc1ncsc1-c1ccc(CNC(=O)C2COCN2C=O)cc1.Oc1ccccc1-c1cc2ccccc2nn1. The van der Waals surface area contributed by atoms with Crippen molar-refractivity contribution in [2.75, 3.05) is 38.4 Å². The Bertz CT molecular complexity index is 2520. The summed E-state index contributed by atoms with van der Waals surface area (Å²) in [5, 5.41) is 26.0. The van der Waals surface area contributed by atoms with E-state index in [1.54, 1.807) is 23.5 Å². The maximum atomic E-state index is 12.1. The van der Waals surface area contributed by atoms with E-state index in [2.05, 4.69) is 67.0 Å². The lowest BCUT2D eigenvalue weighted by Gasteiger charge is -2.16. The van der Waals surface area contributed by atoms with Gasteiger partial charge < -0.3 is 35.2 Å². The van der Waals surface area contributed by atoms with Crippen LogP contribution in [-0.2, 0) is 20.9 Å². The molecule has 9 rings (SSSR count). The minimum atomic E-state index is -0.536. The van der Waals surface area contributed by atoms with E-state index in [4.69, 9.17) is 9.26 Å². The number of ether oxygens (including phenoxy) is 1. The summed E-state index contributed by atoms with van der Waals surface area (Å²) in [7, 11) is 1.50. The van der Waals surface area contributed by atoms with Crippen molar-refractivity contribution >= 4 is 40.5 Å². The number of hydrogen-bond donors (Lipinski definition) is 3. The summed E-state index contributed by atoms with van der Waals surface area (Å²) in [6, 6.07) is 26.3. The Morgan fingerprint density at radius 2 is 1.63 bits per heavy atom. The largest absolute Gasteiger partial charge is 0.507 e. The van der Waals surface area contributed by atoms with Crippen molar-refractivity contribution < 1.29 is 24.0 Å². The van der Waals surface area contributed by atoms with Crippen LogP contribution in [0, 0.1) is 12.8 Å². The van der Waals surface area contributed by atoms with Crippen LogP contribution in [-0.4, -0.2) is 92.1 Å². The molecule has 63 heavy (non-hydrogen) atoms. The molecule has 7 aromatic rings. The van der Waals surface area contributed by atoms with Gasteiger partial charge in [0, 0.05) is 60.5 Å². The van der Waals surface area contributed by atoms with Crippen molar-refractivity contribution in [2.24, 2.45) is 11.7 Å². The zero-order valence-corrected chi connectivity index (χ0v) is 37.0.